The Labute approximate surface area is 118 Å². The molecule has 1 aromatic rings. The number of hydrogen-bond donors (Lipinski definition) is 2. The Kier molecular flexibility index (Phi) is 4.95. The number of likely N-dealkylation sites (tertiary alicyclic amines) is 1. The van der Waals surface area contributed by atoms with Crippen LogP contribution >= 0.6 is 0 Å². The topological polar surface area (TPSA) is 52.6 Å². The SMILES string of the molecule is CNCCC1CCN(C(=O)c2c(O)cccc2F)CC1. The molecule has 2 rings (SSSR count). The number of piperidine rings is 1. The molecule has 20 heavy (non-hydrogen) atoms. The van der Waals surface area contributed by atoms with Gasteiger partial charge in [-0.15, -0.1) is 0 Å². The second-order valence-corrected chi connectivity index (χ2v) is 5.26. The number of rotatable bonds is 4. The van der Waals surface area contributed by atoms with Crippen LogP contribution in [-0.4, -0.2) is 42.6 Å². The highest BCUT2D eigenvalue weighted by Gasteiger charge is 2.26. The maximum absolute atomic E-state index is 13.7. The Hall–Kier alpha value is -1.62. The van der Waals surface area contributed by atoms with Crippen molar-refractivity contribution in [3.63, 3.8) is 0 Å². The maximum atomic E-state index is 13.7. The molecule has 5 heteroatoms. The van der Waals surface area contributed by atoms with Crippen molar-refractivity contribution in [3.8, 4) is 5.75 Å². The van der Waals surface area contributed by atoms with Crippen molar-refractivity contribution in [1.29, 1.82) is 0 Å². The lowest BCUT2D eigenvalue weighted by Crippen LogP contribution is -2.39. The summed E-state index contributed by atoms with van der Waals surface area (Å²) < 4.78 is 13.7. The standard InChI is InChI=1S/C15H21FN2O2/c1-17-8-5-11-6-9-18(10-7-11)15(20)14-12(16)3-2-4-13(14)19/h2-4,11,17,19H,5-10H2,1H3. The quantitative estimate of drug-likeness (QED) is 0.887. The lowest BCUT2D eigenvalue weighted by molar-refractivity contribution is 0.0679. The summed E-state index contributed by atoms with van der Waals surface area (Å²) >= 11 is 0. The molecule has 4 nitrogen and oxygen atoms in total. The first-order valence-corrected chi connectivity index (χ1v) is 7.05. The van der Waals surface area contributed by atoms with Gasteiger partial charge in [0, 0.05) is 13.1 Å². The van der Waals surface area contributed by atoms with Gasteiger partial charge in [0.15, 0.2) is 0 Å². The first kappa shape index (κ1) is 14.8. The third kappa shape index (κ3) is 3.28. The minimum Gasteiger partial charge on any atom is -0.507 e. The smallest absolute Gasteiger partial charge is 0.260 e. The molecule has 2 N–H and O–H groups in total. The largest absolute Gasteiger partial charge is 0.507 e. The van der Waals surface area contributed by atoms with Crippen molar-refractivity contribution >= 4 is 5.91 Å². The Morgan fingerprint density at radius 2 is 2.15 bits per heavy atom. The van der Waals surface area contributed by atoms with Gasteiger partial charge in [-0.3, -0.25) is 4.79 Å². The summed E-state index contributed by atoms with van der Waals surface area (Å²) in [5.41, 5.74) is -0.207. The number of carbonyl (C=O) groups is 1. The Bertz CT molecular complexity index is 451. The van der Waals surface area contributed by atoms with Gasteiger partial charge in [-0.05, 0) is 50.9 Å². The molecule has 0 atom stereocenters. The first-order chi connectivity index (χ1) is 9.63. The van der Waals surface area contributed by atoms with Crippen LogP contribution in [0.4, 0.5) is 4.39 Å². The van der Waals surface area contributed by atoms with Gasteiger partial charge >= 0.3 is 0 Å². The van der Waals surface area contributed by atoms with E-state index < -0.39 is 11.7 Å². The van der Waals surface area contributed by atoms with E-state index in [1.807, 2.05) is 7.05 Å². The molecular formula is C15H21FN2O2. The number of halogens is 1. The summed E-state index contributed by atoms with van der Waals surface area (Å²) in [4.78, 5) is 13.9. The minimum absolute atomic E-state index is 0.207. The normalized spacial score (nSPS) is 16.4. The van der Waals surface area contributed by atoms with Crippen molar-refractivity contribution in [1.82, 2.24) is 10.2 Å². The minimum atomic E-state index is -0.660. The third-order valence-electron chi connectivity index (χ3n) is 3.91. The van der Waals surface area contributed by atoms with Gasteiger partial charge in [0.05, 0.1) is 0 Å². The molecule has 0 aliphatic carbocycles. The summed E-state index contributed by atoms with van der Waals surface area (Å²) in [6.07, 6.45) is 2.97. The lowest BCUT2D eigenvalue weighted by Gasteiger charge is -2.32. The summed E-state index contributed by atoms with van der Waals surface area (Å²) in [5.74, 6) is -0.743. The van der Waals surface area contributed by atoms with Crippen LogP contribution in [0.15, 0.2) is 18.2 Å². The molecule has 110 valence electrons. The summed E-state index contributed by atoms with van der Waals surface area (Å²) in [6, 6.07) is 3.94. The highest BCUT2D eigenvalue weighted by Crippen LogP contribution is 2.25. The number of hydrogen-bond acceptors (Lipinski definition) is 3. The molecule has 0 bridgehead atoms. The second-order valence-electron chi connectivity index (χ2n) is 5.26. The molecule has 1 aliphatic heterocycles. The van der Waals surface area contributed by atoms with Gasteiger partial charge in [0.2, 0.25) is 0 Å². The molecule has 0 spiro atoms. The highest BCUT2D eigenvalue weighted by molar-refractivity contribution is 5.97. The third-order valence-corrected chi connectivity index (χ3v) is 3.91. The van der Waals surface area contributed by atoms with Crippen molar-refractivity contribution in [2.75, 3.05) is 26.7 Å². The average molecular weight is 280 g/mol. The fourth-order valence-electron chi connectivity index (χ4n) is 2.66. The maximum Gasteiger partial charge on any atom is 0.260 e. The number of phenols is 1. The number of nitrogens with one attached hydrogen (secondary N) is 1. The number of benzene rings is 1. The van der Waals surface area contributed by atoms with Crippen LogP contribution in [0.3, 0.4) is 0 Å². The predicted molar refractivity (Wildman–Crippen MR) is 75.2 cm³/mol. The number of aromatic hydroxyl groups is 1. The zero-order valence-corrected chi connectivity index (χ0v) is 11.7. The average Bonchev–Trinajstić information content (AvgIpc) is 2.45. The van der Waals surface area contributed by atoms with Crippen LogP contribution in [0, 0.1) is 11.7 Å². The van der Waals surface area contributed by atoms with E-state index in [0.717, 1.165) is 25.8 Å². The van der Waals surface area contributed by atoms with Gasteiger partial charge in [0.25, 0.3) is 5.91 Å². The lowest BCUT2D eigenvalue weighted by atomic mass is 9.93. The number of carbonyl (C=O) groups excluding carboxylic acids is 1. The second kappa shape index (κ2) is 6.70. The van der Waals surface area contributed by atoms with Gasteiger partial charge in [-0.25, -0.2) is 4.39 Å². The van der Waals surface area contributed by atoms with Crippen molar-refractivity contribution in [3.05, 3.63) is 29.6 Å². The van der Waals surface area contributed by atoms with E-state index >= 15 is 0 Å². The first-order valence-electron chi connectivity index (χ1n) is 7.05. The van der Waals surface area contributed by atoms with E-state index in [4.69, 9.17) is 0 Å². The van der Waals surface area contributed by atoms with Gasteiger partial charge in [-0.2, -0.15) is 0 Å². The summed E-state index contributed by atoms with van der Waals surface area (Å²) in [6.45, 7) is 2.23. The van der Waals surface area contributed by atoms with Crippen LogP contribution in [0.5, 0.6) is 5.75 Å². The Morgan fingerprint density at radius 1 is 1.45 bits per heavy atom. The zero-order chi connectivity index (χ0) is 14.5. The van der Waals surface area contributed by atoms with Gasteiger partial charge in [-0.1, -0.05) is 6.07 Å². The van der Waals surface area contributed by atoms with E-state index in [0.29, 0.717) is 19.0 Å². The molecular weight excluding hydrogens is 259 g/mol. The van der Waals surface area contributed by atoms with Crippen LogP contribution in [0.1, 0.15) is 29.6 Å². The van der Waals surface area contributed by atoms with Crippen molar-refractivity contribution in [2.45, 2.75) is 19.3 Å². The summed E-state index contributed by atoms with van der Waals surface area (Å²) in [7, 11) is 1.93. The molecule has 0 radical (unpaired) electrons. The number of phenolic OH excluding ortho intramolecular Hbond substituents is 1. The number of nitrogens with zero attached hydrogens (tertiary/aromatic N) is 1. The Morgan fingerprint density at radius 3 is 2.75 bits per heavy atom. The van der Waals surface area contributed by atoms with Crippen LogP contribution in [0.2, 0.25) is 0 Å². The predicted octanol–water partition coefficient (Wildman–Crippen LogP) is 1.99. The molecule has 1 fully saturated rings. The van der Waals surface area contributed by atoms with E-state index in [2.05, 4.69) is 5.32 Å². The highest BCUT2D eigenvalue weighted by atomic mass is 19.1. The number of amides is 1. The van der Waals surface area contributed by atoms with Crippen LogP contribution in [-0.2, 0) is 0 Å². The van der Waals surface area contributed by atoms with Gasteiger partial charge in [0.1, 0.15) is 17.1 Å². The van der Waals surface area contributed by atoms with Gasteiger partial charge < -0.3 is 15.3 Å². The van der Waals surface area contributed by atoms with Crippen molar-refractivity contribution < 1.29 is 14.3 Å². The fourth-order valence-corrected chi connectivity index (χ4v) is 2.66. The molecule has 1 aliphatic rings. The molecule has 1 heterocycles. The Balaban J connectivity index is 1.98. The van der Waals surface area contributed by atoms with Crippen LogP contribution in [0.25, 0.3) is 0 Å². The van der Waals surface area contributed by atoms with E-state index in [1.54, 1.807) is 4.90 Å². The van der Waals surface area contributed by atoms with E-state index in [9.17, 15) is 14.3 Å². The van der Waals surface area contributed by atoms with E-state index in [-0.39, 0.29) is 11.3 Å². The molecule has 1 amide bonds. The molecule has 1 aromatic carbocycles. The molecule has 0 saturated carbocycles. The summed E-state index contributed by atoms with van der Waals surface area (Å²) in [5, 5.41) is 12.8. The zero-order valence-electron chi connectivity index (χ0n) is 11.7. The molecule has 1 saturated heterocycles. The van der Waals surface area contributed by atoms with E-state index in [1.165, 1.54) is 18.2 Å². The van der Waals surface area contributed by atoms with Crippen LogP contribution < -0.4 is 5.32 Å². The monoisotopic (exact) mass is 280 g/mol. The molecule has 0 unspecified atom stereocenters. The molecule has 0 aromatic heterocycles. The fraction of sp³-hybridized carbons (Fsp3) is 0.533. The van der Waals surface area contributed by atoms with Crippen molar-refractivity contribution in [2.24, 2.45) is 5.92 Å².